The van der Waals surface area contributed by atoms with E-state index in [4.69, 9.17) is 18.9 Å². The molecule has 1 N–H and O–H groups in total. The van der Waals surface area contributed by atoms with Crippen molar-refractivity contribution in [3.8, 4) is 23.1 Å². The van der Waals surface area contributed by atoms with Crippen LogP contribution in [-0.4, -0.2) is 31.4 Å². The number of rotatable bonds is 9. The van der Waals surface area contributed by atoms with Crippen molar-refractivity contribution in [3.63, 3.8) is 0 Å². The van der Waals surface area contributed by atoms with Gasteiger partial charge < -0.3 is 24.3 Å². The van der Waals surface area contributed by atoms with Crippen molar-refractivity contribution in [1.29, 1.82) is 0 Å². The Bertz CT molecular complexity index is 901. The highest BCUT2D eigenvalue weighted by Gasteiger charge is 2.11. The molecule has 1 aliphatic heterocycles. The summed E-state index contributed by atoms with van der Waals surface area (Å²) in [6, 6.07) is 19.6. The highest BCUT2D eigenvalue weighted by atomic mass is 16.6. The molecular weight excluding hydrogens is 368 g/mol. The number of para-hydroxylation sites is 1. The molecule has 4 rings (SSSR count). The van der Waals surface area contributed by atoms with Gasteiger partial charge in [-0.25, -0.2) is 4.98 Å². The van der Waals surface area contributed by atoms with Crippen molar-refractivity contribution in [3.05, 3.63) is 78.0 Å². The molecule has 0 fully saturated rings. The number of benzene rings is 2. The number of nitrogens with one attached hydrogen (secondary N) is 1. The standard InChI is InChI=1S/C23H24N2O4/c1-2-4-20(5-3-1)26-10-13-29-23-9-7-19(17-25-23)16-24-15-18-6-8-21-22(14-18)28-12-11-27-21/h1-9,14,17,24H,10-13,15-16H2. The fourth-order valence-electron chi connectivity index (χ4n) is 2.97. The van der Waals surface area contributed by atoms with Gasteiger partial charge in [-0.1, -0.05) is 30.3 Å². The minimum atomic E-state index is 0.448. The van der Waals surface area contributed by atoms with Crippen LogP contribution >= 0.6 is 0 Å². The first-order valence-corrected chi connectivity index (χ1v) is 9.72. The Balaban J connectivity index is 1.17. The summed E-state index contributed by atoms with van der Waals surface area (Å²) >= 11 is 0. The molecule has 1 aromatic heterocycles. The third-order valence-corrected chi connectivity index (χ3v) is 4.41. The van der Waals surface area contributed by atoms with Gasteiger partial charge in [0.2, 0.25) is 5.88 Å². The van der Waals surface area contributed by atoms with E-state index in [2.05, 4.69) is 10.3 Å². The van der Waals surface area contributed by atoms with Crippen molar-refractivity contribution < 1.29 is 18.9 Å². The van der Waals surface area contributed by atoms with Crippen LogP contribution in [0.2, 0.25) is 0 Å². The number of nitrogens with zero attached hydrogens (tertiary/aromatic N) is 1. The number of ether oxygens (including phenoxy) is 4. The van der Waals surface area contributed by atoms with Crippen molar-refractivity contribution in [2.24, 2.45) is 0 Å². The lowest BCUT2D eigenvalue weighted by Crippen LogP contribution is -2.16. The van der Waals surface area contributed by atoms with Crippen molar-refractivity contribution in [2.45, 2.75) is 13.1 Å². The van der Waals surface area contributed by atoms with E-state index in [-0.39, 0.29) is 0 Å². The van der Waals surface area contributed by atoms with Crippen LogP contribution in [0.25, 0.3) is 0 Å². The maximum Gasteiger partial charge on any atom is 0.213 e. The first-order chi connectivity index (χ1) is 14.4. The lowest BCUT2D eigenvalue weighted by atomic mass is 10.2. The average Bonchev–Trinajstić information content (AvgIpc) is 2.78. The second-order valence-corrected chi connectivity index (χ2v) is 6.60. The summed E-state index contributed by atoms with van der Waals surface area (Å²) in [7, 11) is 0. The van der Waals surface area contributed by atoms with Crippen LogP contribution in [0, 0.1) is 0 Å². The minimum absolute atomic E-state index is 0.448. The highest BCUT2D eigenvalue weighted by molar-refractivity contribution is 5.43. The molecule has 0 radical (unpaired) electrons. The SMILES string of the molecule is c1ccc(OCCOc2ccc(CNCc3ccc4c(c3)OCCO4)cn2)cc1. The topological polar surface area (TPSA) is 61.8 Å². The predicted octanol–water partition coefficient (Wildman–Crippen LogP) is 3.60. The molecule has 3 aromatic rings. The third-order valence-electron chi connectivity index (χ3n) is 4.41. The van der Waals surface area contributed by atoms with Gasteiger partial charge in [0.1, 0.15) is 32.2 Å². The molecule has 0 aliphatic carbocycles. The van der Waals surface area contributed by atoms with Crippen LogP contribution in [0.3, 0.4) is 0 Å². The normalized spacial score (nSPS) is 12.4. The lowest BCUT2D eigenvalue weighted by molar-refractivity contribution is 0.171. The van der Waals surface area contributed by atoms with Gasteiger partial charge in [-0.2, -0.15) is 0 Å². The molecule has 1 aliphatic rings. The summed E-state index contributed by atoms with van der Waals surface area (Å²) in [4.78, 5) is 4.35. The molecule has 0 unspecified atom stereocenters. The van der Waals surface area contributed by atoms with Crippen LogP contribution in [0.15, 0.2) is 66.9 Å². The first kappa shape index (κ1) is 19.1. The Kier molecular flexibility index (Phi) is 6.45. The number of hydrogen-bond acceptors (Lipinski definition) is 6. The number of aromatic nitrogens is 1. The van der Waals surface area contributed by atoms with E-state index in [1.54, 1.807) is 0 Å². The van der Waals surface area contributed by atoms with Gasteiger partial charge in [0.05, 0.1) is 0 Å². The van der Waals surface area contributed by atoms with E-state index in [0.717, 1.165) is 41.5 Å². The lowest BCUT2D eigenvalue weighted by Gasteiger charge is -2.19. The smallest absolute Gasteiger partial charge is 0.213 e. The Hall–Kier alpha value is -3.25. The van der Waals surface area contributed by atoms with Gasteiger partial charge in [0.25, 0.3) is 0 Å². The molecule has 0 saturated heterocycles. The fraction of sp³-hybridized carbons (Fsp3) is 0.261. The molecule has 0 saturated carbocycles. The van der Waals surface area contributed by atoms with Crippen LogP contribution in [0.5, 0.6) is 23.1 Å². The van der Waals surface area contributed by atoms with E-state index in [1.165, 1.54) is 0 Å². The fourth-order valence-corrected chi connectivity index (χ4v) is 2.97. The summed E-state index contributed by atoms with van der Waals surface area (Å²) in [6.07, 6.45) is 1.82. The molecule has 0 atom stereocenters. The molecule has 6 heteroatoms. The monoisotopic (exact) mass is 392 g/mol. The van der Waals surface area contributed by atoms with Crippen molar-refractivity contribution in [2.75, 3.05) is 26.4 Å². The van der Waals surface area contributed by atoms with E-state index < -0.39 is 0 Å². The van der Waals surface area contributed by atoms with Crippen LogP contribution in [0.1, 0.15) is 11.1 Å². The zero-order valence-electron chi connectivity index (χ0n) is 16.2. The van der Waals surface area contributed by atoms with Gasteiger partial charge in [0, 0.05) is 25.4 Å². The Morgan fingerprint density at radius 2 is 1.55 bits per heavy atom. The van der Waals surface area contributed by atoms with Gasteiger partial charge in [0.15, 0.2) is 11.5 Å². The molecule has 0 amide bonds. The van der Waals surface area contributed by atoms with Gasteiger partial charge in [-0.3, -0.25) is 0 Å². The number of hydrogen-bond donors (Lipinski definition) is 1. The Morgan fingerprint density at radius 1 is 0.793 bits per heavy atom. The van der Waals surface area contributed by atoms with Gasteiger partial charge in [-0.15, -0.1) is 0 Å². The number of pyridine rings is 1. The largest absolute Gasteiger partial charge is 0.490 e. The molecule has 29 heavy (non-hydrogen) atoms. The van der Waals surface area contributed by atoms with Crippen LogP contribution in [-0.2, 0) is 13.1 Å². The summed E-state index contributed by atoms with van der Waals surface area (Å²) in [6.45, 7) is 3.60. The highest BCUT2D eigenvalue weighted by Crippen LogP contribution is 2.30. The van der Waals surface area contributed by atoms with Crippen LogP contribution < -0.4 is 24.3 Å². The zero-order valence-corrected chi connectivity index (χ0v) is 16.2. The van der Waals surface area contributed by atoms with Crippen molar-refractivity contribution in [1.82, 2.24) is 10.3 Å². The second kappa shape index (κ2) is 9.80. The molecular formula is C23H24N2O4. The van der Waals surface area contributed by atoms with Crippen LogP contribution in [0.4, 0.5) is 0 Å². The molecule has 2 aromatic carbocycles. The van der Waals surface area contributed by atoms with Crippen molar-refractivity contribution >= 4 is 0 Å². The second-order valence-electron chi connectivity index (χ2n) is 6.60. The zero-order chi connectivity index (χ0) is 19.7. The number of fused-ring (bicyclic) bond motifs is 1. The maximum atomic E-state index is 5.63. The summed E-state index contributed by atoms with van der Waals surface area (Å²) in [5, 5.41) is 3.42. The summed E-state index contributed by atoms with van der Waals surface area (Å²) in [5.41, 5.74) is 2.25. The Labute approximate surface area is 170 Å². The van der Waals surface area contributed by atoms with Gasteiger partial charge >= 0.3 is 0 Å². The predicted molar refractivity (Wildman–Crippen MR) is 110 cm³/mol. The molecule has 0 spiro atoms. The van der Waals surface area contributed by atoms with E-state index in [1.807, 2.05) is 66.9 Å². The minimum Gasteiger partial charge on any atom is -0.490 e. The quantitative estimate of drug-likeness (QED) is 0.562. The molecule has 2 heterocycles. The van der Waals surface area contributed by atoms with Gasteiger partial charge in [-0.05, 0) is 35.4 Å². The Morgan fingerprint density at radius 3 is 2.38 bits per heavy atom. The molecule has 150 valence electrons. The van der Waals surface area contributed by atoms with E-state index in [9.17, 15) is 0 Å². The van der Waals surface area contributed by atoms with E-state index >= 15 is 0 Å². The van der Waals surface area contributed by atoms with E-state index in [0.29, 0.717) is 32.3 Å². The molecule has 6 nitrogen and oxygen atoms in total. The first-order valence-electron chi connectivity index (χ1n) is 9.72. The summed E-state index contributed by atoms with van der Waals surface area (Å²) < 4.78 is 22.4. The maximum absolute atomic E-state index is 5.63. The third kappa shape index (κ3) is 5.62. The summed E-state index contributed by atoms with van der Waals surface area (Å²) in [5.74, 6) is 3.06. The molecule has 0 bridgehead atoms. The average molecular weight is 392 g/mol.